The Morgan fingerprint density at radius 2 is 2.14 bits per heavy atom. The number of furan rings is 1. The van der Waals surface area contributed by atoms with Crippen LogP contribution in [-0.2, 0) is 16.1 Å². The van der Waals surface area contributed by atoms with Gasteiger partial charge in [0.15, 0.2) is 0 Å². The van der Waals surface area contributed by atoms with Gasteiger partial charge in [0.1, 0.15) is 29.8 Å². The smallest absolute Gasteiger partial charge is 0.243 e. The standard InChI is InChI=1S/C19H24N6O3/c1-23-7-8-24(12-18(23)26)16-10-17(22-13-21-16)25-6-2-5-15(25)19(27)20-11-14-4-3-9-28-14/h3-4,9-10,13,15H,2,5-8,11-12H2,1H3,(H,20,27). The average Bonchev–Trinajstić information content (AvgIpc) is 3.40. The van der Waals surface area contributed by atoms with Gasteiger partial charge in [-0.1, -0.05) is 0 Å². The Hall–Kier alpha value is -3.10. The van der Waals surface area contributed by atoms with E-state index in [1.165, 1.54) is 6.33 Å². The number of nitrogens with one attached hydrogen (secondary N) is 1. The quantitative estimate of drug-likeness (QED) is 0.808. The summed E-state index contributed by atoms with van der Waals surface area (Å²) in [6, 6.07) is 5.23. The van der Waals surface area contributed by atoms with Gasteiger partial charge >= 0.3 is 0 Å². The molecule has 2 aliphatic rings. The lowest BCUT2D eigenvalue weighted by molar-refractivity contribution is -0.129. The highest BCUT2D eigenvalue weighted by atomic mass is 16.3. The van der Waals surface area contributed by atoms with E-state index >= 15 is 0 Å². The predicted molar refractivity (Wildman–Crippen MR) is 103 cm³/mol. The average molecular weight is 384 g/mol. The van der Waals surface area contributed by atoms with Crippen LogP contribution in [-0.4, -0.2) is 66.0 Å². The van der Waals surface area contributed by atoms with Gasteiger partial charge in [0, 0.05) is 32.7 Å². The lowest BCUT2D eigenvalue weighted by Crippen LogP contribution is -2.49. The Morgan fingerprint density at radius 3 is 2.93 bits per heavy atom. The monoisotopic (exact) mass is 384 g/mol. The zero-order chi connectivity index (χ0) is 19.5. The number of nitrogens with zero attached hydrogens (tertiary/aromatic N) is 5. The molecule has 9 heteroatoms. The second kappa shape index (κ2) is 7.87. The molecule has 2 aromatic rings. The van der Waals surface area contributed by atoms with Gasteiger partial charge in [0.05, 0.1) is 19.4 Å². The van der Waals surface area contributed by atoms with Crippen molar-refractivity contribution in [3.05, 3.63) is 36.5 Å². The highest BCUT2D eigenvalue weighted by Crippen LogP contribution is 2.26. The maximum atomic E-state index is 12.7. The Labute approximate surface area is 163 Å². The largest absolute Gasteiger partial charge is 0.467 e. The van der Waals surface area contributed by atoms with Crippen LogP contribution in [0.25, 0.3) is 0 Å². The molecule has 0 saturated carbocycles. The van der Waals surface area contributed by atoms with Crippen molar-refractivity contribution < 1.29 is 14.0 Å². The first-order valence-electron chi connectivity index (χ1n) is 9.49. The molecule has 0 aliphatic carbocycles. The minimum absolute atomic E-state index is 0.0381. The van der Waals surface area contributed by atoms with Gasteiger partial charge in [0.2, 0.25) is 11.8 Å². The van der Waals surface area contributed by atoms with Gasteiger partial charge in [-0.25, -0.2) is 9.97 Å². The van der Waals surface area contributed by atoms with Gasteiger partial charge in [-0.05, 0) is 25.0 Å². The highest BCUT2D eigenvalue weighted by molar-refractivity contribution is 5.86. The minimum atomic E-state index is -0.271. The molecule has 2 saturated heterocycles. The summed E-state index contributed by atoms with van der Waals surface area (Å²) >= 11 is 0. The van der Waals surface area contributed by atoms with Gasteiger partial charge in [-0.3, -0.25) is 9.59 Å². The van der Waals surface area contributed by atoms with Gasteiger partial charge in [-0.2, -0.15) is 0 Å². The molecular weight excluding hydrogens is 360 g/mol. The predicted octanol–water partition coefficient (Wildman–Crippen LogP) is 0.633. The molecule has 2 aliphatic heterocycles. The van der Waals surface area contributed by atoms with E-state index in [2.05, 4.69) is 15.3 Å². The van der Waals surface area contributed by atoms with Crippen molar-refractivity contribution >= 4 is 23.5 Å². The van der Waals surface area contributed by atoms with E-state index in [1.54, 1.807) is 24.3 Å². The van der Waals surface area contributed by atoms with E-state index < -0.39 is 0 Å². The number of amides is 2. The summed E-state index contributed by atoms with van der Waals surface area (Å²) < 4.78 is 5.27. The molecule has 28 heavy (non-hydrogen) atoms. The van der Waals surface area contributed by atoms with Crippen LogP contribution in [0.5, 0.6) is 0 Å². The fourth-order valence-electron chi connectivity index (χ4n) is 3.64. The number of carbonyl (C=O) groups is 2. The molecule has 0 spiro atoms. The summed E-state index contributed by atoms with van der Waals surface area (Å²) in [6.45, 7) is 2.83. The van der Waals surface area contributed by atoms with Crippen LogP contribution in [0.2, 0.25) is 0 Å². The van der Waals surface area contributed by atoms with Gasteiger partial charge < -0.3 is 24.4 Å². The SMILES string of the molecule is CN1CCN(c2cc(N3CCCC3C(=O)NCc3ccco3)ncn2)CC1=O. The topological polar surface area (TPSA) is 94.8 Å². The maximum Gasteiger partial charge on any atom is 0.243 e. The number of carbonyl (C=O) groups excluding carboxylic acids is 2. The van der Waals surface area contributed by atoms with Crippen molar-refractivity contribution in [2.24, 2.45) is 0 Å². The van der Waals surface area contributed by atoms with Crippen LogP contribution in [0.1, 0.15) is 18.6 Å². The first-order valence-corrected chi connectivity index (χ1v) is 9.49. The number of aromatic nitrogens is 2. The first kappa shape index (κ1) is 18.3. The molecule has 0 aromatic carbocycles. The van der Waals surface area contributed by atoms with Gasteiger partial charge in [0.25, 0.3) is 0 Å². The molecule has 2 amide bonds. The number of anilines is 2. The van der Waals surface area contributed by atoms with Crippen LogP contribution in [0.15, 0.2) is 35.2 Å². The van der Waals surface area contributed by atoms with Crippen molar-refractivity contribution in [2.75, 3.05) is 43.0 Å². The summed E-state index contributed by atoms with van der Waals surface area (Å²) in [5.41, 5.74) is 0. The van der Waals surface area contributed by atoms with Crippen LogP contribution < -0.4 is 15.1 Å². The van der Waals surface area contributed by atoms with Crippen LogP contribution in [0.4, 0.5) is 11.6 Å². The zero-order valence-electron chi connectivity index (χ0n) is 15.9. The molecule has 4 rings (SSSR count). The second-order valence-corrected chi connectivity index (χ2v) is 7.12. The summed E-state index contributed by atoms with van der Waals surface area (Å²) in [5, 5.41) is 2.94. The van der Waals surface area contributed by atoms with Crippen LogP contribution in [0, 0.1) is 0 Å². The van der Waals surface area contributed by atoms with E-state index in [-0.39, 0.29) is 17.9 Å². The summed E-state index contributed by atoms with van der Waals surface area (Å²) in [4.78, 5) is 39.1. The van der Waals surface area contributed by atoms with Crippen molar-refractivity contribution in [3.63, 3.8) is 0 Å². The Bertz CT molecular complexity index is 840. The molecular formula is C19H24N6O3. The Morgan fingerprint density at radius 1 is 1.29 bits per heavy atom. The number of rotatable bonds is 5. The number of hydrogen-bond donors (Lipinski definition) is 1. The third-order valence-corrected chi connectivity index (χ3v) is 5.29. The molecule has 9 nitrogen and oxygen atoms in total. The molecule has 0 radical (unpaired) electrons. The third-order valence-electron chi connectivity index (χ3n) is 5.29. The lowest BCUT2D eigenvalue weighted by Gasteiger charge is -2.33. The van der Waals surface area contributed by atoms with Crippen LogP contribution in [0.3, 0.4) is 0 Å². The van der Waals surface area contributed by atoms with E-state index in [1.807, 2.05) is 21.9 Å². The van der Waals surface area contributed by atoms with Crippen molar-refractivity contribution in [2.45, 2.75) is 25.4 Å². The molecule has 2 aromatic heterocycles. The van der Waals surface area contributed by atoms with E-state index in [0.29, 0.717) is 31.3 Å². The Balaban J connectivity index is 1.45. The lowest BCUT2D eigenvalue weighted by atomic mass is 10.2. The highest BCUT2D eigenvalue weighted by Gasteiger charge is 2.32. The zero-order valence-corrected chi connectivity index (χ0v) is 15.9. The maximum absolute atomic E-state index is 12.7. The Kier molecular flexibility index (Phi) is 5.14. The molecule has 1 N–H and O–H groups in total. The summed E-state index contributed by atoms with van der Waals surface area (Å²) in [6.07, 6.45) is 4.79. The summed E-state index contributed by atoms with van der Waals surface area (Å²) in [7, 11) is 1.81. The van der Waals surface area contributed by atoms with Crippen molar-refractivity contribution in [1.29, 1.82) is 0 Å². The van der Waals surface area contributed by atoms with Crippen molar-refractivity contribution in [1.82, 2.24) is 20.2 Å². The fraction of sp³-hybridized carbons (Fsp3) is 0.474. The van der Waals surface area contributed by atoms with E-state index in [0.717, 1.165) is 31.7 Å². The minimum Gasteiger partial charge on any atom is -0.467 e. The molecule has 0 bridgehead atoms. The molecule has 148 valence electrons. The van der Waals surface area contributed by atoms with E-state index in [9.17, 15) is 9.59 Å². The first-order chi connectivity index (χ1) is 13.6. The molecule has 1 atom stereocenters. The molecule has 2 fully saturated rings. The van der Waals surface area contributed by atoms with Crippen molar-refractivity contribution in [3.8, 4) is 0 Å². The molecule has 4 heterocycles. The number of likely N-dealkylation sites (N-methyl/N-ethyl adjacent to an activating group) is 1. The normalized spacial score (nSPS) is 20.0. The second-order valence-electron chi connectivity index (χ2n) is 7.12. The number of piperazine rings is 1. The fourth-order valence-corrected chi connectivity index (χ4v) is 3.64. The van der Waals surface area contributed by atoms with E-state index in [4.69, 9.17) is 4.42 Å². The summed E-state index contributed by atoms with van der Waals surface area (Å²) in [5.74, 6) is 2.19. The van der Waals surface area contributed by atoms with Gasteiger partial charge in [-0.15, -0.1) is 0 Å². The van der Waals surface area contributed by atoms with Crippen LogP contribution >= 0.6 is 0 Å². The number of hydrogen-bond acceptors (Lipinski definition) is 7. The molecule has 1 unspecified atom stereocenters. The third kappa shape index (κ3) is 3.78.